The molecule has 1 aromatic heterocycles. The van der Waals surface area contributed by atoms with Gasteiger partial charge in [0, 0.05) is 21.1 Å². The Hall–Kier alpha value is -3.54. The largest absolute Gasteiger partial charge is 0.493 e. The highest BCUT2D eigenvalue weighted by molar-refractivity contribution is 7.80. The highest BCUT2D eigenvalue weighted by atomic mass is 32.1. The number of carbonyl (C=O) groups excluding carboxylic acids is 2. The van der Waals surface area contributed by atoms with Gasteiger partial charge in [-0.05, 0) is 36.0 Å². The van der Waals surface area contributed by atoms with Crippen LogP contribution in [0.25, 0.3) is 6.08 Å². The Morgan fingerprint density at radius 1 is 1.39 bits per heavy atom. The molecule has 1 N–H and O–H groups in total. The molecule has 0 radical (unpaired) electrons. The molecule has 0 bridgehead atoms. The van der Waals surface area contributed by atoms with Crippen molar-refractivity contribution in [1.82, 2.24) is 29.9 Å². The van der Waals surface area contributed by atoms with Gasteiger partial charge in [-0.3, -0.25) is 19.6 Å². The molecule has 1 aliphatic heterocycles. The minimum absolute atomic E-state index is 0.0297. The zero-order valence-electron chi connectivity index (χ0n) is 17.4. The average Bonchev–Trinajstić information content (AvgIpc) is 3.32. The summed E-state index contributed by atoms with van der Waals surface area (Å²) < 4.78 is 25.5. The maximum absolute atomic E-state index is 14.7. The molecule has 31 heavy (non-hydrogen) atoms. The van der Waals surface area contributed by atoms with E-state index in [-0.39, 0.29) is 41.4 Å². The second-order valence-corrected chi connectivity index (χ2v) is 7.17. The topological polar surface area (TPSA) is 104 Å². The summed E-state index contributed by atoms with van der Waals surface area (Å²) in [4.78, 5) is 32.8. The zero-order chi connectivity index (χ0) is 22.7. The Labute approximate surface area is 183 Å². The molecule has 1 saturated heterocycles. The van der Waals surface area contributed by atoms with Gasteiger partial charge in [0.15, 0.2) is 28.3 Å². The van der Waals surface area contributed by atoms with Gasteiger partial charge >= 0.3 is 0 Å². The van der Waals surface area contributed by atoms with Gasteiger partial charge in [0.2, 0.25) is 5.91 Å². The fourth-order valence-corrected chi connectivity index (χ4v) is 3.04. The molecule has 2 amide bonds. The van der Waals surface area contributed by atoms with Crippen molar-refractivity contribution in [1.29, 1.82) is 0 Å². The SMILES string of the molecule is COc1cc(/C=C2/C(=O)N(CC(=O)N(C)C)C(=S)N2C)cc(F)c1OCc1ncn[nH]1. The lowest BCUT2D eigenvalue weighted by Gasteiger charge is -2.18. The Morgan fingerprint density at radius 3 is 2.74 bits per heavy atom. The summed E-state index contributed by atoms with van der Waals surface area (Å²) in [6.07, 6.45) is 2.79. The van der Waals surface area contributed by atoms with Crippen LogP contribution >= 0.6 is 12.2 Å². The number of nitrogens with zero attached hydrogens (tertiary/aromatic N) is 5. The van der Waals surface area contributed by atoms with E-state index in [1.807, 2.05) is 0 Å². The first-order valence-corrected chi connectivity index (χ1v) is 9.49. The van der Waals surface area contributed by atoms with Crippen LogP contribution < -0.4 is 9.47 Å². The number of aromatic amines is 1. The maximum Gasteiger partial charge on any atom is 0.277 e. The summed E-state index contributed by atoms with van der Waals surface area (Å²) >= 11 is 5.29. The summed E-state index contributed by atoms with van der Waals surface area (Å²) in [5.41, 5.74) is 0.563. The third-order valence-corrected chi connectivity index (χ3v) is 5.00. The van der Waals surface area contributed by atoms with E-state index in [1.54, 1.807) is 21.1 Å². The van der Waals surface area contributed by atoms with Crippen molar-refractivity contribution in [2.75, 3.05) is 34.8 Å². The van der Waals surface area contributed by atoms with E-state index in [1.165, 1.54) is 46.3 Å². The van der Waals surface area contributed by atoms with E-state index in [4.69, 9.17) is 21.7 Å². The van der Waals surface area contributed by atoms with Crippen molar-refractivity contribution in [3.63, 3.8) is 0 Å². The molecule has 3 rings (SSSR count). The normalized spacial score (nSPS) is 15.1. The number of H-pyrrole nitrogens is 1. The Kier molecular flexibility index (Phi) is 6.49. The lowest BCUT2D eigenvalue weighted by molar-refractivity contribution is -0.133. The number of rotatable bonds is 7. The summed E-state index contributed by atoms with van der Waals surface area (Å²) in [7, 11) is 6.17. The Balaban J connectivity index is 1.86. The molecule has 164 valence electrons. The quantitative estimate of drug-likeness (QED) is 0.495. The number of ether oxygens (including phenoxy) is 2. The van der Waals surface area contributed by atoms with E-state index in [9.17, 15) is 14.0 Å². The molecule has 0 saturated carbocycles. The van der Waals surface area contributed by atoms with Crippen LogP contribution in [0.3, 0.4) is 0 Å². The molecular weight excluding hydrogens is 427 g/mol. The average molecular weight is 448 g/mol. The van der Waals surface area contributed by atoms with Crippen LogP contribution in [0, 0.1) is 5.82 Å². The van der Waals surface area contributed by atoms with Crippen LogP contribution in [0.2, 0.25) is 0 Å². The van der Waals surface area contributed by atoms with Crippen LogP contribution in [-0.2, 0) is 16.2 Å². The highest BCUT2D eigenvalue weighted by Crippen LogP contribution is 2.33. The first-order valence-electron chi connectivity index (χ1n) is 9.09. The van der Waals surface area contributed by atoms with Gasteiger partial charge in [0.1, 0.15) is 25.2 Å². The molecule has 0 spiro atoms. The second-order valence-electron chi connectivity index (χ2n) is 6.81. The van der Waals surface area contributed by atoms with Gasteiger partial charge in [0.05, 0.1) is 7.11 Å². The lowest BCUT2D eigenvalue weighted by Crippen LogP contribution is -2.40. The number of hydrogen-bond acceptors (Lipinski definition) is 7. The standard InChI is InChI=1S/C19H21FN6O4S/c1-24(2)16(27)8-26-18(28)13(25(3)19(26)31)6-11-5-12(20)17(14(7-11)29-4)30-9-15-21-10-22-23-15/h5-7,10H,8-9H2,1-4H3,(H,21,22,23)/b13-6-. The van der Waals surface area contributed by atoms with Crippen molar-refractivity contribution in [2.45, 2.75) is 6.61 Å². The predicted octanol–water partition coefficient (Wildman–Crippen LogP) is 1.02. The predicted molar refractivity (Wildman–Crippen MR) is 112 cm³/mol. The van der Waals surface area contributed by atoms with E-state index >= 15 is 0 Å². The second kappa shape index (κ2) is 9.08. The van der Waals surface area contributed by atoms with Crippen molar-refractivity contribution >= 4 is 35.2 Å². The van der Waals surface area contributed by atoms with Gasteiger partial charge in [-0.1, -0.05) is 0 Å². The van der Waals surface area contributed by atoms with Crippen LogP contribution in [0.4, 0.5) is 4.39 Å². The molecule has 2 heterocycles. The van der Waals surface area contributed by atoms with Gasteiger partial charge < -0.3 is 19.3 Å². The molecule has 0 unspecified atom stereocenters. The fraction of sp³-hybridized carbons (Fsp3) is 0.316. The number of methoxy groups -OCH3 is 1. The molecule has 2 aromatic rings. The molecule has 10 nitrogen and oxygen atoms in total. The van der Waals surface area contributed by atoms with E-state index in [0.29, 0.717) is 11.4 Å². The number of nitrogens with one attached hydrogen (secondary N) is 1. The van der Waals surface area contributed by atoms with Gasteiger partial charge in [-0.25, -0.2) is 9.37 Å². The molecule has 1 aromatic carbocycles. The third kappa shape index (κ3) is 4.63. The maximum atomic E-state index is 14.7. The van der Waals surface area contributed by atoms with Gasteiger partial charge in [-0.2, -0.15) is 5.10 Å². The highest BCUT2D eigenvalue weighted by Gasteiger charge is 2.37. The summed E-state index contributed by atoms with van der Waals surface area (Å²) in [5.74, 6) is -0.936. The summed E-state index contributed by atoms with van der Waals surface area (Å²) in [6.45, 7) is -0.212. The van der Waals surface area contributed by atoms with Crippen molar-refractivity contribution in [2.24, 2.45) is 0 Å². The van der Waals surface area contributed by atoms with E-state index in [2.05, 4.69) is 15.2 Å². The Morgan fingerprint density at radius 2 is 2.13 bits per heavy atom. The molecular formula is C19H21FN6O4S. The van der Waals surface area contributed by atoms with Crippen LogP contribution in [0.1, 0.15) is 11.4 Å². The van der Waals surface area contributed by atoms with Crippen molar-refractivity contribution in [3.8, 4) is 11.5 Å². The minimum atomic E-state index is -0.680. The molecule has 12 heteroatoms. The van der Waals surface area contributed by atoms with Gasteiger partial charge in [0.25, 0.3) is 5.91 Å². The number of aromatic nitrogens is 3. The molecule has 1 aliphatic rings. The first-order chi connectivity index (χ1) is 14.7. The van der Waals surface area contributed by atoms with Crippen LogP contribution in [0.5, 0.6) is 11.5 Å². The summed E-state index contributed by atoms with van der Waals surface area (Å²) in [6, 6.07) is 2.74. The number of halogens is 1. The minimum Gasteiger partial charge on any atom is -0.493 e. The number of amides is 2. The molecule has 0 aliphatic carbocycles. The number of likely N-dealkylation sites (N-methyl/N-ethyl adjacent to an activating group) is 2. The van der Waals surface area contributed by atoms with Gasteiger partial charge in [-0.15, -0.1) is 0 Å². The summed E-state index contributed by atoms with van der Waals surface area (Å²) in [5, 5.41) is 6.50. The van der Waals surface area contributed by atoms with Crippen LogP contribution in [0.15, 0.2) is 24.2 Å². The van der Waals surface area contributed by atoms with Crippen molar-refractivity contribution in [3.05, 3.63) is 41.4 Å². The van der Waals surface area contributed by atoms with Crippen molar-refractivity contribution < 1.29 is 23.5 Å². The first kappa shape index (κ1) is 22.2. The molecule has 1 fully saturated rings. The smallest absolute Gasteiger partial charge is 0.277 e. The lowest BCUT2D eigenvalue weighted by atomic mass is 10.1. The van der Waals surface area contributed by atoms with Crippen LogP contribution in [-0.4, -0.2) is 81.6 Å². The molecule has 0 atom stereocenters. The monoisotopic (exact) mass is 448 g/mol. The zero-order valence-corrected chi connectivity index (χ0v) is 18.2. The Bertz CT molecular complexity index is 1040. The number of carbonyl (C=O) groups is 2. The number of benzene rings is 1. The third-order valence-electron chi connectivity index (χ3n) is 4.51. The van der Waals surface area contributed by atoms with E-state index < -0.39 is 11.7 Å². The number of thiocarbonyl (C=S) groups is 1. The fourth-order valence-electron chi connectivity index (χ4n) is 2.79. The van der Waals surface area contributed by atoms with E-state index in [0.717, 1.165) is 0 Å². The number of hydrogen-bond donors (Lipinski definition) is 1.